The Morgan fingerprint density at radius 1 is 1.24 bits per heavy atom. The predicted octanol–water partition coefficient (Wildman–Crippen LogP) is 3.41. The monoisotopic (exact) mass is 230 g/mol. The van der Waals surface area contributed by atoms with Gasteiger partial charge in [0.15, 0.2) is 0 Å². The van der Waals surface area contributed by atoms with Gasteiger partial charge in [-0.15, -0.1) is 0 Å². The summed E-state index contributed by atoms with van der Waals surface area (Å²) in [4.78, 5) is 0. The van der Waals surface area contributed by atoms with E-state index in [2.05, 4.69) is 61.1 Å². The van der Waals surface area contributed by atoms with Crippen LogP contribution in [0.4, 0.5) is 0 Å². The number of rotatable bonds is 5. The summed E-state index contributed by atoms with van der Waals surface area (Å²) in [6, 6.07) is 8.78. The molecule has 1 aromatic carbocycles. The minimum Gasteiger partial charge on any atom is -0.347 e. The Balaban J connectivity index is 2.40. The van der Waals surface area contributed by atoms with Gasteiger partial charge in [-0.3, -0.25) is 0 Å². The minimum atomic E-state index is 0.679. The van der Waals surface area contributed by atoms with Crippen molar-refractivity contribution in [2.24, 2.45) is 5.92 Å². The highest BCUT2D eigenvalue weighted by Crippen LogP contribution is 2.21. The number of fused-ring (bicyclic) bond motifs is 1. The van der Waals surface area contributed by atoms with Gasteiger partial charge in [0.25, 0.3) is 0 Å². The van der Waals surface area contributed by atoms with Gasteiger partial charge in [-0.25, -0.2) is 0 Å². The van der Waals surface area contributed by atoms with Crippen LogP contribution in [0.1, 0.15) is 26.3 Å². The van der Waals surface area contributed by atoms with Crippen molar-refractivity contribution in [2.75, 3.05) is 6.54 Å². The molecular formula is C15H22N2. The zero-order valence-electron chi connectivity index (χ0n) is 11.0. The Hall–Kier alpha value is -1.28. The van der Waals surface area contributed by atoms with Crippen molar-refractivity contribution in [3.05, 3.63) is 36.0 Å². The fourth-order valence-corrected chi connectivity index (χ4v) is 2.29. The van der Waals surface area contributed by atoms with Gasteiger partial charge in [0.2, 0.25) is 0 Å². The molecule has 2 aromatic rings. The van der Waals surface area contributed by atoms with Crippen LogP contribution in [0.25, 0.3) is 10.9 Å². The minimum absolute atomic E-state index is 0.679. The van der Waals surface area contributed by atoms with Gasteiger partial charge in [-0.2, -0.15) is 0 Å². The molecule has 0 amide bonds. The second-order valence-electron chi connectivity index (χ2n) is 5.00. The summed E-state index contributed by atoms with van der Waals surface area (Å²) in [5, 5.41) is 4.76. The van der Waals surface area contributed by atoms with E-state index in [1.54, 1.807) is 0 Å². The van der Waals surface area contributed by atoms with Crippen molar-refractivity contribution in [1.29, 1.82) is 0 Å². The van der Waals surface area contributed by atoms with Gasteiger partial charge in [-0.05, 0) is 29.5 Å². The molecule has 0 atom stereocenters. The fourth-order valence-electron chi connectivity index (χ4n) is 2.29. The Morgan fingerprint density at radius 2 is 2.06 bits per heavy atom. The Labute approximate surface area is 104 Å². The third kappa shape index (κ3) is 2.70. The van der Waals surface area contributed by atoms with Crippen molar-refractivity contribution >= 4 is 10.9 Å². The standard InChI is InChI=1S/C15H22N2/c1-4-16-10-14-7-5-6-13-8-9-17(15(13)14)11-12(2)3/h5-9,12,16H,4,10-11H2,1-3H3. The summed E-state index contributed by atoms with van der Waals surface area (Å²) < 4.78 is 2.38. The molecule has 0 aliphatic carbocycles. The SMILES string of the molecule is CCNCc1cccc2ccn(CC(C)C)c12. The number of nitrogens with zero attached hydrogens (tertiary/aromatic N) is 1. The summed E-state index contributed by atoms with van der Waals surface area (Å²) in [6.07, 6.45) is 2.21. The first-order chi connectivity index (χ1) is 8.22. The van der Waals surface area contributed by atoms with Crippen molar-refractivity contribution in [3.8, 4) is 0 Å². The van der Waals surface area contributed by atoms with E-state index in [0.29, 0.717) is 5.92 Å². The lowest BCUT2D eigenvalue weighted by Gasteiger charge is -2.12. The van der Waals surface area contributed by atoms with Crippen LogP contribution >= 0.6 is 0 Å². The molecule has 0 saturated heterocycles. The second kappa shape index (κ2) is 5.37. The average molecular weight is 230 g/mol. The lowest BCUT2D eigenvalue weighted by Crippen LogP contribution is -2.13. The molecule has 0 saturated carbocycles. The molecule has 0 aliphatic heterocycles. The van der Waals surface area contributed by atoms with Gasteiger partial charge in [-0.1, -0.05) is 39.0 Å². The molecule has 0 aliphatic rings. The van der Waals surface area contributed by atoms with Gasteiger partial charge < -0.3 is 9.88 Å². The number of para-hydroxylation sites is 1. The van der Waals surface area contributed by atoms with Gasteiger partial charge in [0.1, 0.15) is 0 Å². The first-order valence-electron chi connectivity index (χ1n) is 6.49. The fraction of sp³-hybridized carbons (Fsp3) is 0.467. The van der Waals surface area contributed by atoms with E-state index < -0.39 is 0 Å². The third-order valence-corrected chi connectivity index (χ3v) is 3.00. The van der Waals surface area contributed by atoms with E-state index in [9.17, 15) is 0 Å². The molecule has 0 spiro atoms. The van der Waals surface area contributed by atoms with Crippen LogP contribution in [0.2, 0.25) is 0 Å². The van der Waals surface area contributed by atoms with Crippen LogP contribution in [0, 0.1) is 5.92 Å². The lowest BCUT2D eigenvalue weighted by atomic mass is 10.1. The maximum atomic E-state index is 3.41. The summed E-state index contributed by atoms with van der Waals surface area (Å²) in [6.45, 7) is 9.73. The average Bonchev–Trinajstić information content (AvgIpc) is 2.70. The molecule has 0 radical (unpaired) electrons. The van der Waals surface area contributed by atoms with Crippen LogP contribution in [0.5, 0.6) is 0 Å². The van der Waals surface area contributed by atoms with E-state index in [1.807, 2.05) is 0 Å². The van der Waals surface area contributed by atoms with E-state index in [1.165, 1.54) is 16.5 Å². The number of hydrogen-bond acceptors (Lipinski definition) is 1. The number of benzene rings is 1. The van der Waals surface area contributed by atoms with Crippen LogP contribution in [0.3, 0.4) is 0 Å². The molecule has 92 valence electrons. The Morgan fingerprint density at radius 3 is 2.76 bits per heavy atom. The van der Waals surface area contributed by atoms with Crippen molar-refractivity contribution in [1.82, 2.24) is 9.88 Å². The first kappa shape index (κ1) is 12.2. The summed E-state index contributed by atoms with van der Waals surface area (Å²) in [5.74, 6) is 0.679. The topological polar surface area (TPSA) is 17.0 Å². The van der Waals surface area contributed by atoms with Crippen molar-refractivity contribution < 1.29 is 0 Å². The largest absolute Gasteiger partial charge is 0.347 e. The zero-order valence-corrected chi connectivity index (χ0v) is 11.0. The number of hydrogen-bond donors (Lipinski definition) is 1. The maximum absolute atomic E-state index is 3.41. The smallest absolute Gasteiger partial charge is 0.0525 e. The van der Waals surface area contributed by atoms with E-state index >= 15 is 0 Å². The molecule has 2 heteroatoms. The molecule has 0 bridgehead atoms. The molecule has 2 nitrogen and oxygen atoms in total. The lowest BCUT2D eigenvalue weighted by molar-refractivity contribution is 0.534. The normalized spacial score (nSPS) is 11.5. The highest BCUT2D eigenvalue weighted by Gasteiger charge is 2.07. The highest BCUT2D eigenvalue weighted by atomic mass is 15.0. The quantitative estimate of drug-likeness (QED) is 0.833. The number of aromatic nitrogens is 1. The van der Waals surface area contributed by atoms with Gasteiger partial charge in [0, 0.05) is 19.3 Å². The Bertz CT molecular complexity index is 483. The molecule has 1 heterocycles. The molecule has 2 rings (SSSR count). The summed E-state index contributed by atoms with van der Waals surface area (Å²) in [7, 11) is 0. The summed E-state index contributed by atoms with van der Waals surface area (Å²) in [5.41, 5.74) is 2.79. The van der Waals surface area contributed by atoms with Gasteiger partial charge >= 0.3 is 0 Å². The molecular weight excluding hydrogens is 208 g/mol. The molecule has 1 aromatic heterocycles. The molecule has 17 heavy (non-hydrogen) atoms. The van der Waals surface area contributed by atoms with Crippen molar-refractivity contribution in [2.45, 2.75) is 33.9 Å². The van der Waals surface area contributed by atoms with Crippen molar-refractivity contribution in [3.63, 3.8) is 0 Å². The predicted molar refractivity (Wildman–Crippen MR) is 74.2 cm³/mol. The Kier molecular flexibility index (Phi) is 3.85. The first-order valence-corrected chi connectivity index (χ1v) is 6.49. The third-order valence-electron chi connectivity index (χ3n) is 3.00. The molecule has 0 fully saturated rings. The maximum Gasteiger partial charge on any atom is 0.0525 e. The van der Waals surface area contributed by atoms with E-state index in [0.717, 1.165) is 19.6 Å². The van der Waals surface area contributed by atoms with Crippen LogP contribution in [-0.2, 0) is 13.1 Å². The number of nitrogens with one attached hydrogen (secondary N) is 1. The van der Waals surface area contributed by atoms with E-state index in [-0.39, 0.29) is 0 Å². The van der Waals surface area contributed by atoms with Crippen LogP contribution < -0.4 is 5.32 Å². The second-order valence-corrected chi connectivity index (χ2v) is 5.00. The zero-order chi connectivity index (χ0) is 12.3. The highest BCUT2D eigenvalue weighted by molar-refractivity contribution is 5.83. The van der Waals surface area contributed by atoms with Gasteiger partial charge in [0.05, 0.1) is 5.52 Å². The van der Waals surface area contributed by atoms with E-state index in [4.69, 9.17) is 0 Å². The summed E-state index contributed by atoms with van der Waals surface area (Å²) >= 11 is 0. The molecule has 1 N–H and O–H groups in total. The van der Waals surface area contributed by atoms with Crippen LogP contribution in [-0.4, -0.2) is 11.1 Å². The van der Waals surface area contributed by atoms with Crippen LogP contribution in [0.15, 0.2) is 30.5 Å². The molecule has 0 unspecified atom stereocenters.